The molecule has 1 aromatic heterocycles. The second-order valence-corrected chi connectivity index (χ2v) is 5.88. The molecule has 1 heterocycles. The van der Waals surface area contributed by atoms with Crippen LogP contribution in [0.2, 0.25) is 0 Å². The van der Waals surface area contributed by atoms with E-state index in [0.29, 0.717) is 6.54 Å². The van der Waals surface area contributed by atoms with Gasteiger partial charge in [-0.15, -0.1) is 0 Å². The fourth-order valence-electron chi connectivity index (χ4n) is 2.70. The number of aliphatic imine (C=N–C) groups is 1. The van der Waals surface area contributed by atoms with E-state index < -0.39 is 0 Å². The van der Waals surface area contributed by atoms with Gasteiger partial charge in [-0.25, -0.2) is 9.38 Å². The van der Waals surface area contributed by atoms with Crippen LogP contribution in [0.15, 0.2) is 59.6 Å². The zero-order chi connectivity index (χ0) is 17.5. The maximum atomic E-state index is 12.9. The standard InChI is InChI=1S/C20H23FN4/c1-2-22-20(23-12-11-15-7-9-17(21)10-8-15)24-14-18-13-16-5-3-4-6-19(16)25-18/h3-10,13,25H,2,11-12,14H2,1H3,(H2,22,23,24). The van der Waals surface area contributed by atoms with Crippen LogP contribution < -0.4 is 10.6 Å². The van der Waals surface area contributed by atoms with Crippen molar-refractivity contribution in [1.82, 2.24) is 15.6 Å². The number of hydrogen-bond donors (Lipinski definition) is 3. The summed E-state index contributed by atoms with van der Waals surface area (Å²) in [6.07, 6.45) is 0.817. The number of H-pyrrole nitrogens is 1. The summed E-state index contributed by atoms with van der Waals surface area (Å²) in [4.78, 5) is 8.01. The Kier molecular flexibility index (Phi) is 5.67. The van der Waals surface area contributed by atoms with E-state index in [1.165, 1.54) is 17.5 Å². The maximum Gasteiger partial charge on any atom is 0.191 e. The molecule has 2 aromatic carbocycles. The largest absolute Gasteiger partial charge is 0.357 e. The molecule has 0 saturated heterocycles. The highest BCUT2D eigenvalue weighted by Gasteiger charge is 2.01. The van der Waals surface area contributed by atoms with Gasteiger partial charge in [0.1, 0.15) is 5.82 Å². The predicted molar refractivity (Wildman–Crippen MR) is 101 cm³/mol. The first kappa shape index (κ1) is 17.0. The van der Waals surface area contributed by atoms with Gasteiger partial charge in [0.2, 0.25) is 0 Å². The zero-order valence-corrected chi connectivity index (χ0v) is 14.3. The lowest BCUT2D eigenvalue weighted by molar-refractivity contribution is 0.626. The molecule has 0 bridgehead atoms. The van der Waals surface area contributed by atoms with Gasteiger partial charge in [0.05, 0.1) is 6.54 Å². The summed E-state index contributed by atoms with van der Waals surface area (Å²) in [6, 6.07) is 16.9. The van der Waals surface area contributed by atoms with Crippen LogP contribution in [0, 0.1) is 5.82 Å². The number of benzene rings is 2. The van der Waals surface area contributed by atoms with Crippen molar-refractivity contribution in [2.24, 2.45) is 4.99 Å². The summed E-state index contributed by atoms with van der Waals surface area (Å²) in [6.45, 7) is 4.17. The minimum atomic E-state index is -0.204. The Hall–Kier alpha value is -2.82. The molecule has 0 aliphatic heterocycles. The van der Waals surface area contributed by atoms with Crippen LogP contribution in [0.3, 0.4) is 0 Å². The molecule has 0 radical (unpaired) electrons. The van der Waals surface area contributed by atoms with Gasteiger partial charge in [0.15, 0.2) is 5.96 Å². The Morgan fingerprint density at radius 3 is 2.64 bits per heavy atom. The lowest BCUT2D eigenvalue weighted by atomic mass is 10.1. The van der Waals surface area contributed by atoms with Crippen LogP contribution >= 0.6 is 0 Å². The van der Waals surface area contributed by atoms with Crippen LogP contribution in [-0.4, -0.2) is 24.0 Å². The number of hydrogen-bond acceptors (Lipinski definition) is 1. The Bertz CT molecular complexity index is 803. The highest BCUT2D eigenvalue weighted by molar-refractivity contribution is 5.81. The van der Waals surface area contributed by atoms with E-state index >= 15 is 0 Å². The predicted octanol–water partition coefficient (Wildman–Crippen LogP) is 3.60. The first-order valence-corrected chi connectivity index (χ1v) is 8.58. The minimum absolute atomic E-state index is 0.204. The smallest absolute Gasteiger partial charge is 0.191 e. The third-order valence-electron chi connectivity index (χ3n) is 3.96. The molecule has 130 valence electrons. The molecule has 5 heteroatoms. The summed E-state index contributed by atoms with van der Waals surface area (Å²) in [5, 5.41) is 7.76. The minimum Gasteiger partial charge on any atom is -0.357 e. The van der Waals surface area contributed by atoms with E-state index in [1.54, 1.807) is 0 Å². The molecule has 0 saturated carbocycles. The summed E-state index contributed by atoms with van der Waals surface area (Å²) < 4.78 is 12.9. The van der Waals surface area contributed by atoms with Crippen LogP contribution in [0.25, 0.3) is 10.9 Å². The average molecular weight is 338 g/mol. The summed E-state index contributed by atoms with van der Waals surface area (Å²) >= 11 is 0. The SMILES string of the molecule is CCNC(=NCc1cc2ccccc2[nH]1)NCCc1ccc(F)cc1. The third-order valence-corrected chi connectivity index (χ3v) is 3.96. The molecule has 4 nitrogen and oxygen atoms in total. The molecule has 0 amide bonds. The number of halogens is 1. The van der Waals surface area contributed by atoms with Crippen molar-refractivity contribution in [1.29, 1.82) is 0 Å². The Balaban J connectivity index is 1.57. The molecule has 3 aromatic rings. The van der Waals surface area contributed by atoms with Crippen LogP contribution in [-0.2, 0) is 13.0 Å². The number of aromatic nitrogens is 1. The Morgan fingerprint density at radius 2 is 1.88 bits per heavy atom. The fourth-order valence-corrected chi connectivity index (χ4v) is 2.70. The van der Waals surface area contributed by atoms with E-state index in [4.69, 9.17) is 0 Å². The number of guanidine groups is 1. The highest BCUT2D eigenvalue weighted by atomic mass is 19.1. The van der Waals surface area contributed by atoms with Gasteiger partial charge < -0.3 is 15.6 Å². The lowest BCUT2D eigenvalue weighted by Crippen LogP contribution is -2.38. The second kappa shape index (κ2) is 8.33. The molecule has 0 aliphatic rings. The average Bonchev–Trinajstić information content (AvgIpc) is 3.04. The van der Waals surface area contributed by atoms with Crippen molar-refractivity contribution in [2.75, 3.05) is 13.1 Å². The van der Waals surface area contributed by atoms with E-state index in [2.05, 4.69) is 38.8 Å². The number of fused-ring (bicyclic) bond motifs is 1. The van der Waals surface area contributed by atoms with E-state index in [-0.39, 0.29) is 5.82 Å². The first-order chi connectivity index (χ1) is 12.2. The normalized spacial score (nSPS) is 11.7. The Morgan fingerprint density at radius 1 is 1.08 bits per heavy atom. The molecular weight excluding hydrogens is 315 g/mol. The van der Waals surface area contributed by atoms with Gasteiger partial charge >= 0.3 is 0 Å². The molecule has 3 N–H and O–H groups in total. The summed E-state index contributed by atoms with van der Waals surface area (Å²) in [5.41, 5.74) is 3.30. The molecule has 0 fully saturated rings. The number of para-hydroxylation sites is 1. The van der Waals surface area contributed by atoms with E-state index in [9.17, 15) is 4.39 Å². The molecule has 0 spiro atoms. The topological polar surface area (TPSA) is 52.2 Å². The van der Waals surface area contributed by atoms with Crippen LogP contribution in [0.4, 0.5) is 4.39 Å². The molecule has 0 unspecified atom stereocenters. The monoisotopic (exact) mass is 338 g/mol. The van der Waals surface area contributed by atoms with Crippen molar-refractivity contribution < 1.29 is 4.39 Å². The number of aromatic amines is 1. The zero-order valence-electron chi connectivity index (χ0n) is 14.3. The van der Waals surface area contributed by atoms with Gasteiger partial charge in [-0.3, -0.25) is 0 Å². The molecule has 3 rings (SSSR count). The van der Waals surface area contributed by atoms with Crippen molar-refractivity contribution in [3.05, 3.63) is 71.7 Å². The molecule has 0 atom stereocenters. The number of nitrogens with zero attached hydrogens (tertiary/aromatic N) is 1. The third kappa shape index (κ3) is 4.83. The van der Waals surface area contributed by atoms with Crippen molar-refractivity contribution in [2.45, 2.75) is 19.9 Å². The molecule has 25 heavy (non-hydrogen) atoms. The van der Waals surface area contributed by atoms with Crippen molar-refractivity contribution in [3.8, 4) is 0 Å². The van der Waals surface area contributed by atoms with Gasteiger partial charge in [-0.2, -0.15) is 0 Å². The Labute approximate surface area is 147 Å². The maximum absolute atomic E-state index is 12.9. The second-order valence-electron chi connectivity index (χ2n) is 5.88. The van der Waals surface area contributed by atoms with Crippen LogP contribution in [0.1, 0.15) is 18.2 Å². The lowest BCUT2D eigenvalue weighted by Gasteiger charge is -2.11. The van der Waals surface area contributed by atoms with E-state index in [1.807, 2.05) is 31.2 Å². The number of rotatable bonds is 6. The molecular formula is C20H23FN4. The van der Waals surface area contributed by atoms with Gasteiger partial charge in [0, 0.05) is 24.3 Å². The highest BCUT2D eigenvalue weighted by Crippen LogP contribution is 2.15. The van der Waals surface area contributed by atoms with Gasteiger partial charge in [-0.1, -0.05) is 30.3 Å². The molecule has 0 aliphatic carbocycles. The van der Waals surface area contributed by atoms with Crippen molar-refractivity contribution in [3.63, 3.8) is 0 Å². The summed E-state index contributed by atoms with van der Waals surface area (Å²) in [7, 11) is 0. The number of nitrogens with one attached hydrogen (secondary N) is 3. The first-order valence-electron chi connectivity index (χ1n) is 8.58. The van der Waals surface area contributed by atoms with Crippen molar-refractivity contribution >= 4 is 16.9 Å². The van der Waals surface area contributed by atoms with Gasteiger partial charge in [-0.05, 0) is 48.6 Å². The van der Waals surface area contributed by atoms with Gasteiger partial charge in [0.25, 0.3) is 0 Å². The quantitative estimate of drug-likeness (QED) is 0.475. The summed E-state index contributed by atoms with van der Waals surface area (Å²) in [5.74, 6) is 0.577. The fraction of sp³-hybridized carbons (Fsp3) is 0.250. The van der Waals surface area contributed by atoms with E-state index in [0.717, 1.165) is 42.2 Å². The van der Waals surface area contributed by atoms with Crippen LogP contribution in [0.5, 0.6) is 0 Å².